The molecule has 5 nitrogen and oxygen atoms in total. The second-order valence-electron chi connectivity index (χ2n) is 8.54. The highest BCUT2D eigenvalue weighted by Crippen LogP contribution is 2.57. The number of hydrogen-bond acceptors (Lipinski definition) is 4. The van der Waals surface area contributed by atoms with Crippen LogP contribution in [0.2, 0.25) is 5.02 Å². The molecular formula is C24H16ClF6N5. The van der Waals surface area contributed by atoms with Crippen LogP contribution in [0.15, 0.2) is 36.4 Å². The zero-order valence-corrected chi connectivity index (χ0v) is 19.3. The number of aromatic nitrogens is 4. The summed E-state index contributed by atoms with van der Waals surface area (Å²) in [5, 5.41) is 9.25. The van der Waals surface area contributed by atoms with Crippen molar-refractivity contribution in [3.05, 3.63) is 52.8 Å². The summed E-state index contributed by atoms with van der Waals surface area (Å²) in [6.07, 6.45) is -7.64. The van der Waals surface area contributed by atoms with Crippen molar-refractivity contribution < 1.29 is 26.3 Å². The minimum atomic E-state index is -4.51. The molecule has 2 heterocycles. The molecule has 0 unspecified atom stereocenters. The van der Waals surface area contributed by atoms with Gasteiger partial charge in [-0.3, -0.25) is 0 Å². The fraction of sp³-hybridized carbons (Fsp3) is 0.292. The quantitative estimate of drug-likeness (QED) is 0.229. The molecule has 0 aliphatic heterocycles. The molecule has 0 saturated heterocycles. The number of benzene rings is 2. The van der Waals surface area contributed by atoms with Crippen molar-refractivity contribution in [1.82, 2.24) is 20.0 Å². The average Bonchev–Trinajstić information content (AvgIpc) is 3.52. The van der Waals surface area contributed by atoms with Gasteiger partial charge in [0.15, 0.2) is 0 Å². The molecule has 5 rings (SSSR count). The topological polar surface area (TPSA) is 46.8 Å². The lowest BCUT2D eigenvalue weighted by Gasteiger charge is -2.25. The Labute approximate surface area is 205 Å². The molecule has 0 radical (unpaired) electrons. The average molecular weight is 524 g/mol. The zero-order valence-electron chi connectivity index (χ0n) is 18.5. The number of nitrogens with zero attached hydrogens (tertiary/aromatic N) is 5. The first-order valence-electron chi connectivity index (χ1n) is 10.7. The first kappa shape index (κ1) is 24.2. The number of aryl methyl sites for hydroxylation is 1. The van der Waals surface area contributed by atoms with Crippen molar-refractivity contribution in [3.8, 4) is 11.8 Å². The van der Waals surface area contributed by atoms with Gasteiger partial charge >= 0.3 is 6.18 Å². The van der Waals surface area contributed by atoms with Gasteiger partial charge in [0.2, 0.25) is 5.65 Å². The monoisotopic (exact) mass is 523 g/mol. The minimum Gasteiger partial charge on any atom is -0.320 e. The molecular weight excluding hydrogens is 508 g/mol. The summed E-state index contributed by atoms with van der Waals surface area (Å²) in [4.78, 5) is 5.50. The van der Waals surface area contributed by atoms with E-state index in [9.17, 15) is 26.3 Å². The molecule has 0 amide bonds. The maximum Gasteiger partial charge on any atom is 0.405 e. The van der Waals surface area contributed by atoms with Gasteiger partial charge in [0.05, 0.1) is 6.54 Å². The van der Waals surface area contributed by atoms with Crippen LogP contribution in [-0.2, 0) is 7.05 Å². The Hall–Kier alpha value is -3.52. The molecule has 12 heteroatoms. The second-order valence-corrected chi connectivity index (χ2v) is 8.98. The maximum absolute atomic E-state index is 14.6. The highest BCUT2D eigenvalue weighted by Gasteiger charge is 2.62. The number of halogens is 7. The molecule has 36 heavy (non-hydrogen) atoms. The molecule has 0 atom stereocenters. The van der Waals surface area contributed by atoms with E-state index in [0.717, 1.165) is 17.0 Å². The summed E-state index contributed by atoms with van der Waals surface area (Å²) >= 11 is 6.17. The molecule has 1 fully saturated rings. The lowest BCUT2D eigenvalue weighted by Crippen LogP contribution is -2.25. The van der Waals surface area contributed by atoms with E-state index in [2.05, 4.69) is 27.1 Å². The van der Waals surface area contributed by atoms with Crippen molar-refractivity contribution in [2.75, 3.05) is 11.4 Å². The van der Waals surface area contributed by atoms with Gasteiger partial charge < -0.3 is 4.90 Å². The van der Waals surface area contributed by atoms with Gasteiger partial charge in [-0.25, -0.2) is 22.8 Å². The SMILES string of the molecule is Cn1nnc2nc(N(CC(F)F)c3cc(F)cc(C#CC4(C(F)(F)F)CC4)c3)c3ccc(Cl)cc3c21. The standard InChI is InChI=1S/C24H16ClF6N5/c1-35-20-18-10-14(25)2-3-17(18)22(32-21(20)33-34-35)36(12-19(27)28)16-9-13(8-15(26)11-16)4-5-23(6-7-23)24(29,30)31/h2-3,8-11,19H,6-7,12H2,1H3. The normalized spacial score (nSPS) is 14.8. The first-order chi connectivity index (χ1) is 17.0. The van der Waals surface area contributed by atoms with E-state index in [1.165, 1.54) is 10.7 Å². The summed E-state index contributed by atoms with van der Waals surface area (Å²) in [6.45, 7) is -0.876. The van der Waals surface area contributed by atoms with Crippen molar-refractivity contribution in [2.24, 2.45) is 12.5 Å². The van der Waals surface area contributed by atoms with E-state index < -0.39 is 30.4 Å². The molecule has 0 N–H and O–H groups in total. The molecule has 2 aromatic heterocycles. The van der Waals surface area contributed by atoms with Crippen LogP contribution in [0.1, 0.15) is 18.4 Å². The third-order valence-electron chi connectivity index (χ3n) is 6.01. The van der Waals surface area contributed by atoms with Crippen LogP contribution in [0, 0.1) is 23.1 Å². The fourth-order valence-corrected chi connectivity index (χ4v) is 4.21. The lowest BCUT2D eigenvalue weighted by molar-refractivity contribution is -0.168. The molecule has 1 aliphatic rings. The number of hydrogen-bond donors (Lipinski definition) is 0. The molecule has 186 valence electrons. The Morgan fingerprint density at radius 1 is 1.14 bits per heavy atom. The van der Waals surface area contributed by atoms with Crippen LogP contribution in [0.4, 0.5) is 37.8 Å². The summed E-state index contributed by atoms with van der Waals surface area (Å²) in [5.41, 5.74) is -1.58. The molecule has 0 bridgehead atoms. The van der Waals surface area contributed by atoms with Crippen molar-refractivity contribution >= 4 is 45.0 Å². The molecule has 4 aromatic rings. The van der Waals surface area contributed by atoms with Crippen LogP contribution in [0.3, 0.4) is 0 Å². The van der Waals surface area contributed by atoms with E-state index in [-0.39, 0.29) is 35.6 Å². The van der Waals surface area contributed by atoms with Crippen LogP contribution in [0.5, 0.6) is 0 Å². The van der Waals surface area contributed by atoms with Crippen molar-refractivity contribution in [3.63, 3.8) is 0 Å². The zero-order chi connectivity index (χ0) is 25.8. The Kier molecular flexibility index (Phi) is 5.75. The minimum absolute atomic E-state index is 0.0356. The van der Waals surface area contributed by atoms with E-state index >= 15 is 0 Å². The third-order valence-corrected chi connectivity index (χ3v) is 6.24. The smallest absolute Gasteiger partial charge is 0.320 e. The summed E-state index contributed by atoms with van der Waals surface area (Å²) in [6, 6.07) is 7.97. The van der Waals surface area contributed by atoms with Gasteiger partial charge in [0, 0.05) is 34.1 Å². The van der Waals surface area contributed by atoms with Crippen LogP contribution in [0.25, 0.3) is 21.9 Å². The van der Waals surface area contributed by atoms with Crippen molar-refractivity contribution in [1.29, 1.82) is 0 Å². The second kappa shape index (κ2) is 8.55. The van der Waals surface area contributed by atoms with Crippen LogP contribution >= 0.6 is 11.6 Å². The van der Waals surface area contributed by atoms with E-state index in [4.69, 9.17) is 11.6 Å². The predicted molar refractivity (Wildman–Crippen MR) is 123 cm³/mol. The lowest BCUT2D eigenvalue weighted by atomic mass is 10.1. The van der Waals surface area contributed by atoms with Crippen molar-refractivity contribution in [2.45, 2.75) is 25.4 Å². The third kappa shape index (κ3) is 4.30. The summed E-state index contributed by atoms with van der Waals surface area (Å²) in [7, 11) is 1.64. The van der Waals surface area contributed by atoms with E-state index in [0.29, 0.717) is 21.3 Å². The highest BCUT2D eigenvalue weighted by atomic mass is 35.5. The number of fused-ring (bicyclic) bond motifs is 3. The van der Waals surface area contributed by atoms with Gasteiger partial charge in [-0.05, 0) is 49.2 Å². The Bertz CT molecular complexity index is 1550. The van der Waals surface area contributed by atoms with E-state index in [1.54, 1.807) is 25.2 Å². The maximum atomic E-state index is 14.6. The van der Waals surface area contributed by atoms with Gasteiger partial charge in [0.1, 0.15) is 22.6 Å². The van der Waals surface area contributed by atoms with Gasteiger partial charge in [-0.2, -0.15) is 13.2 Å². The van der Waals surface area contributed by atoms with Gasteiger partial charge in [-0.1, -0.05) is 28.7 Å². The summed E-state index contributed by atoms with van der Waals surface area (Å²) < 4.78 is 83.2. The molecule has 2 aromatic carbocycles. The fourth-order valence-electron chi connectivity index (χ4n) is 4.04. The highest BCUT2D eigenvalue weighted by molar-refractivity contribution is 6.32. The predicted octanol–water partition coefficient (Wildman–Crippen LogP) is 6.41. The molecule has 0 spiro atoms. The Morgan fingerprint density at radius 3 is 2.56 bits per heavy atom. The van der Waals surface area contributed by atoms with Crippen LogP contribution in [-0.4, -0.2) is 39.1 Å². The number of pyridine rings is 1. The van der Waals surface area contributed by atoms with E-state index in [1.807, 2.05) is 0 Å². The summed E-state index contributed by atoms with van der Waals surface area (Å²) in [5.74, 6) is 3.78. The molecule has 1 aliphatic carbocycles. The number of rotatable bonds is 4. The van der Waals surface area contributed by atoms with Crippen LogP contribution < -0.4 is 4.90 Å². The van der Waals surface area contributed by atoms with Gasteiger partial charge in [0.25, 0.3) is 6.43 Å². The number of anilines is 2. The number of alkyl halides is 5. The molecule has 1 saturated carbocycles. The Balaban J connectivity index is 1.68. The largest absolute Gasteiger partial charge is 0.405 e. The first-order valence-corrected chi connectivity index (χ1v) is 11.1. The Morgan fingerprint density at radius 2 is 1.89 bits per heavy atom. The van der Waals surface area contributed by atoms with Gasteiger partial charge in [-0.15, -0.1) is 5.10 Å².